The highest BCUT2D eigenvalue weighted by molar-refractivity contribution is 9.10. The van der Waals surface area contributed by atoms with E-state index in [-0.39, 0.29) is 23.6 Å². The third-order valence-electron chi connectivity index (χ3n) is 3.37. The van der Waals surface area contributed by atoms with Gasteiger partial charge in [0.15, 0.2) is 0 Å². The summed E-state index contributed by atoms with van der Waals surface area (Å²) in [6.07, 6.45) is 0. The lowest BCUT2D eigenvalue weighted by Gasteiger charge is -2.17. The van der Waals surface area contributed by atoms with E-state index in [4.69, 9.17) is 4.74 Å². The van der Waals surface area contributed by atoms with Gasteiger partial charge < -0.3 is 4.74 Å². The minimum absolute atomic E-state index is 0.0627. The Hall–Kier alpha value is -1.70. The summed E-state index contributed by atoms with van der Waals surface area (Å²) >= 11 is 3.35. The van der Waals surface area contributed by atoms with Gasteiger partial charge in [0.25, 0.3) is 0 Å². The predicted octanol–water partition coefficient (Wildman–Crippen LogP) is 3.45. The summed E-state index contributed by atoms with van der Waals surface area (Å²) in [6, 6.07) is 13.3. The molecule has 24 heavy (non-hydrogen) atoms. The number of halogens is 1. The normalized spacial score (nSPS) is 11.5. The number of hydrogen-bond donors (Lipinski definition) is 0. The van der Waals surface area contributed by atoms with E-state index in [0.717, 1.165) is 10.0 Å². The van der Waals surface area contributed by atoms with Crippen molar-refractivity contribution in [2.45, 2.75) is 18.4 Å². The van der Waals surface area contributed by atoms with Crippen LogP contribution in [-0.2, 0) is 21.3 Å². The molecule has 2 rings (SSSR count). The molecular formula is C17H18BrNO4S. The Kier molecular flexibility index (Phi) is 6.15. The van der Waals surface area contributed by atoms with Crippen LogP contribution in [0.15, 0.2) is 57.9 Å². The fourth-order valence-corrected chi connectivity index (χ4v) is 3.58. The summed E-state index contributed by atoms with van der Waals surface area (Å²) in [6.45, 7) is 2.17. The summed E-state index contributed by atoms with van der Waals surface area (Å²) in [5, 5.41) is 0. The Morgan fingerprint density at radius 3 is 2.46 bits per heavy atom. The molecule has 0 aromatic heterocycles. The van der Waals surface area contributed by atoms with Gasteiger partial charge in [-0.25, -0.2) is 13.2 Å². The molecule has 0 aliphatic heterocycles. The Balaban J connectivity index is 2.24. The maximum Gasteiger partial charge on any atom is 0.338 e. The van der Waals surface area contributed by atoms with E-state index in [0.29, 0.717) is 0 Å². The molecule has 2 aromatic carbocycles. The molecule has 0 N–H and O–H groups in total. The number of hydrogen-bond acceptors (Lipinski definition) is 4. The molecule has 0 fully saturated rings. The molecule has 0 unspecified atom stereocenters. The van der Waals surface area contributed by atoms with Gasteiger partial charge in [0.05, 0.1) is 17.1 Å². The molecule has 0 radical (unpaired) electrons. The Morgan fingerprint density at radius 2 is 1.83 bits per heavy atom. The summed E-state index contributed by atoms with van der Waals surface area (Å²) < 4.78 is 32.5. The predicted molar refractivity (Wildman–Crippen MR) is 95.2 cm³/mol. The largest absolute Gasteiger partial charge is 0.462 e. The maximum atomic E-state index is 12.7. The second-order valence-electron chi connectivity index (χ2n) is 5.14. The number of ether oxygens (including phenoxy) is 1. The standard InChI is InChI=1S/C17H18BrNO4S/c1-3-23-17(20)14-5-4-6-16(11-14)24(21,22)19(2)12-13-7-9-15(18)10-8-13/h4-11H,3,12H2,1-2H3. The smallest absolute Gasteiger partial charge is 0.338 e. The van der Waals surface area contributed by atoms with Crippen LogP contribution in [0.4, 0.5) is 0 Å². The molecule has 2 aromatic rings. The third kappa shape index (κ3) is 4.43. The van der Waals surface area contributed by atoms with E-state index in [1.807, 2.05) is 24.3 Å². The highest BCUT2D eigenvalue weighted by atomic mass is 79.9. The van der Waals surface area contributed by atoms with E-state index in [1.54, 1.807) is 6.92 Å². The summed E-state index contributed by atoms with van der Waals surface area (Å²) in [5.74, 6) is -0.537. The molecule has 5 nitrogen and oxygen atoms in total. The first-order valence-electron chi connectivity index (χ1n) is 7.32. The average Bonchev–Trinajstić information content (AvgIpc) is 2.57. The molecule has 7 heteroatoms. The fourth-order valence-electron chi connectivity index (χ4n) is 2.11. The first kappa shape index (κ1) is 18.6. The molecule has 0 amide bonds. The second kappa shape index (κ2) is 7.92. The quantitative estimate of drug-likeness (QED) is 0.682. The molecule has 0 saturated carbocycles. The topological polar surface area (TPSA) is 63.7 Å². The summed E-state index contributed by atoms with van der Waals surface area (Å²) in [4.78, 5) is 11.8. The minimum Gasteiger partial charge on any atom is -0.462 e. The molecular weight excluding hydrogens is 394 g/mol. The van der Waals surface area contributed by atoms with Crippen LogP contribution in [0.5, 0.6) is 0 Å². The molecule has 0 spiro atoms. The van der Waals surface area contributed by atoms with Crippen LogP contribution >= 0.6 is 15.9 Å². The van der Waals surface area contributed by atoms with E-state index in [2.05, 4.69) is 15.9 Å². The number of benzene rings is 2. The van der Waals surface area contributed by atoms with Crippen molar-refractivity contribution in [2.24, 2.45) is 0 Å². The van der Waals surface area contributed by atoms with Crippen LogP contribution in [0, 0.1) is 0 Å². The Morgan fingerprint density at radius 1 is 1.17 bits per heavy atom. The van der Waals surface area contributed by atoms with Gasteiger partial charge in [0.2, 0.25) is 10.0 Å². The second-order valence-corrected chi connectivity index (χ2v) is 8.10. The Bertz CT molecular complexity index is 819. The van der Waals surface area contributed by atoms with E-state index >= 15 is 0 Å². The van der Waals surface area contributed by atoms with Gasteiger partial charge in [0, 0.05) is 18.1 Å². The van der Waals surface area contributed by atoms with Crippen LogP contribution in [-0.4, -0.2) is 32.3 Å². The fraction of sp³-hybridized carbons (Fsp3) is 0.235. The van der Waals surface area contributed by atoms with Crippen molar-refractivity contribution < 1.29 is 17.9 Å². The lowest BCUT2D eigenvalue weighted by molar-refractivity contribution is 0.0526. The molecule has 0 atom stereocenters. The molecule has 0 saturated heterocycles. The molecule has 128 valence electrons. The van der Waals surface area contributed by atoms with Gasteiger partial charge in [-0.1, -0.05) is 34.1 Å². The van der Waals surface area contributed by atoms with Gasteiger partial charge >= 0.3 is 5.97 Å². The summed E-state index contributed by atoms with van der Waals surface area (Å²) in [5.41, 5.74) is 1.08. The van der Waals surface area contributed by atoms with Gasteiger partial charge in [-0.15, -0.1) is 0 Å². The van der Waals surface area contributed by atoms with Crippen molar-refractivity contribution in [3.8, 4) is 0 Å². The van der Waals surface area contributed by atoms with E-state index in [9.17, 15) is 13.2 Å². The number of nitrogens with zero attached hydrogens (tertiary/aromatic N) is 1. The zero-order valence-electron chi connectivity index (χ0n) is 13.4. The lowest BCUT2D eigenvalue weighted by Crippen LogP contribution is -2.26. The van der Waals surface area contributed by atoms with Gasteiger partial charge in [-0.05, 0) is 42.8 Å². The van der Waals surface area contributed by atoms with Crippen molar-refractivity contribution in [3.05, 3.63) is 64.1 Å². The number of carbonyl (C=O) groups excluding carboxylic acids is 1. The lowest BCUT2D eigenvalue weighted by atomic mass is 10.2. The van der Waals surface area contributed by atoms with Crippen LogP contribution < -0.4 is 0 Å². The van der Waals surface area contributed by atoms with Crippen molar-refractivity contribution in [1.29, 1.82) is 0 Å². The monoisotopic (exact) mass is 411 g/mol. The van der Waals surface area contributed by atoms with E-state index < -0.39 is 16.0 Å². The van der Waals surface area contributed by atoms with Crippen LogP contribution in [0.2, 0.25) is 0 Å². The van der Waals surface area contributed by atoms with Crippen LogP contribution in [0.25, 0.3) is 0 Å². The van der Waals surface area contributed by atoms with Gasteiger partial charge in [-0.2, -0.15) is 4.31 Å². The van der Waals surface area contributed by atoms with Crippen LogP contribution in [0.3, 0.4) is 0 Å². The van der Waals surface area contributed by atoms with Gasteiger partial charge in [-0.3, -0.25) is 0 Å². The molecule has 0 bridgehead atoms. The molecule has 0 heterocycles. The van der Waals surface area contributed by atoms with Crippen molar-refractivity contribution in [3.63, 3.8) is 0 Å². The van der Waals surface area contributed by atoms with Crippen molar-refractivity contribution in [1.82, 2.24) is 4.31 Å². The third-order valence-corrected chi connectivity index (χ3v) is 5.70. The zero-order chi connectivity index (χ0) is 17.7. The molecule has 0 aliphatic carbocycles. The number of rotatable bonds is 6. The van der Waals surface area contributed by atoms with E-state index in [1.165, 1.54) is 35.6 Å². The first-order valence-corrected chi connectivity index (χ1v) is 9.56. The SMILES string of the molecule is CCOC(=O)c1cccc(S(=O)(=O)N(C)Cc2ccc(Br)cc2)c1. The highest BCUT2D eigenvalue weighted by Gasteiger charge is 2.22. The number of esters is 1. The first-order chi connectivity index (χ1) is 11.3. The Labute approximate surface area is 150 Å². The van der Waals surface area contributed by atoms with Crippen molar-refractivity contribution in [2.75, 3.05) is 13.7 Å². The summed E-state index contributed by atoms with van der Waals surface area (Å²) in [7, 11) is -2.20. The number of carbonyl (C=O) groups is 1. The minimum atomic E-state index is -3.70. The maximum absolute atomic E-state index is 12.7. The highest BCUT2D eigenvalue weighted by Crippen LogP contribution is 2.19. The van der Waals surface area contributed by atoms with Gasteiger partial charge in [0.1, 0.15) is 0 Å². The zero-order valence-corrected chi connectivity index (χ0v) is 15.8. The number of sulfonamides is 1. The average molecular weight is 412 g/mol. The van der Waals surface area contributed by atoms with Crippen LogP contribution in [0.1, 0.15) is 22.8 Å². The van der Waals surface area contributed by atoms with Crippen molar-refractivity contribution >= 4 is 31.9 Å². The molecule has 0 aliphatic rings.